The Labute approximate surface area is 150 Å². The maximum Gasteiger partial charge on any atom is 0.282 e. The van der Waals surface area contributed by atoms with Gasteiger partial charge in [-0.15, -0.1) is 0 Å². The molecule has 5 nitrogen and oxygen atoms in total. The maximum absolute atomic E-state index is 12.5. The largest absolute Gasteiger partial charge is 0.282 e. The summed E-state index contributed by atoms with van der Waals surface area (Å²) in [6, 6.07) is 14.2. The van der Waals surface area contributed by atoms with Gasteiger partial charge in [0.2, 0.25) is 0 Å². The molecule has 1 saturated heterocycles. The molecular weight excluding hydrogens is 334 g/mol. The van der Waals surface area contributed by atoms with Gasteiger partial charge in [-0.25, -0.2) is 0 Å². The van der Waals surface area contributed by atoms with Crippen molar-refractivity contribution in [3.63, 3.8) is 0 Å². The Morgan fingerprint density at radius 1 is 1.16 bits per heavy atom. The van der Waals surface area contributed by atoms with Gasteiger partial charge in [-0.3, -0.25) is 4.98 Å². The zero-order valence-corrected chi connectivity index (χ0v) is 15.8. The zero-order valence-electron chi connectivity index (χ0n) is 15.0. The lowest BCUT2D eigenvalue weighted by atomic mass is 10.1. The third-order valence-corrected chi connectivity index (χ3v) is 6.59. The fraction of sp³-hybridized carbons (Fsp3) is 0.421. The van der Waals surface area contributed by atoms with Crippen molar-refractivity contribution in [2.24, 2.45) is 0 Å². The summed E-state index contributed by atoms with van der Waals surface area (Å²) in [5.41, 5.74) is 4.25. The third-order valence-electron chi connectivity index (χ3n) is 4.64. The molecule has 2 heterocycles. The van der Waals surface area contributed by atoms with Gasteiger partial charge >= 0.3 is 0 Å². The van der Waals surface area contributed by atoms with Crippen molar-refractivity contribution in [2.75, 3.05) is 20.6 Å². The van der Waals surface area contributed by atoms with Gasteiger partial charge in [0.05, 0.1) is 11.7 Å². The summed E-state index contributed by atoms with van der Waals surface area (Å²) in [6.45, 7) is 2.62. The van der Waals surface area contributed by atoms with E-state index < -0.39 is 10.2 Å². The molecule has 1 aliphatic rings. The molecule has 0 radical (unpaired) electrons. The van der Waals surface area contributed by atoms with Crippen molar-refractivity contribution >= 4 is 10.2 Å². The van der Waals surface area contributed by atoms with Crippen molar-refractivity contribution in [2.45, 2.75) is 32.2 Å². The average molecular weight is 359 g/mol. The van der Waals surface area contributed by atoms with Crippen molar-refractivity contribution in [3.05, 3.63) is 65.0 Å². The van der Waals surface area contributed by atoms with Gasteiger partial charge in [0.25, 0.3) is 10.2 Å². The van der Waals surface area contributed by atoms with Crippen LogP contribution in [-0.4, -0.2) is 42.7 Å². The Hall–Kier alpha value is -1.76. The van der Waals surface area contributed by atoms with Crippen LogP contribution in [0.25, 0.3) is 0 Å². The highest BCUT2D eigenvalue weighted by molar-refractivity contribution is 7.86. The number of aromatic nitrogens is 1. The smallest absolute Gasteiger partial charge is 0.256 e. The number of pyridine rings is 1. The van der Waals surface area contributed by atoms with Gasteiger partial charge in [-0.2, -0.15) is 17.0 Å². The molecule has 1 aliphatic heterocycles. The van der Waals surface area contributed by atoms with Crippen LogP contribution in [0.2, 0.25) is 0 Å². The topological polar surface area (TPSA) is 53.5 Å². The lowest BCUT2D eigenvalue weighted by molar-refractivity contribution is 0.357. The Bertz CT molecular complexity index is 832. The molecule has 0 unspecified atom stereocenters. The monoisotopic (exact) mass is 359 g/mol. The summed E-state index contributed by atoms with van der Waals surface area (Å²) in [5, 5.41) is 0. The summed E-state index contributed by atoms with van der Waals surface area (Å²) in [4.78, 5) is 4.77. The van der Waals surface area contributed by atoms with Gasteiger partial charge in [-0.05, 0) is 37.5 Å². The minimum Gasteiger partial charge on any atom is -0.256 e. The van der Waals surface area contributed by atoms with Gasteiger partial charge in [0, 0.05) is 32.8 Å². The molecule has 0 bridgehead atoms. The molecule has 1 fully saturated rings. The lowest BCUT2D eigenvalue weighted by Crippen LogP contribution is -2.39. The second kappa shape index (κ2) is 7.23. The van der Waals surface area contributed by atoms with E-state index in [9.17, 15) is 8.42 Å². The van der Waals surface area contributed by atoms with E-state index in [0.717, 1.165) is 30.7 Å². The molecule has 0 saturated carbocycles. The molecule has 2 aromatic rings. The lowest BCUT2D eigenvalue weighted by Gasteiger charge is -2.26. The number of nitrogens with zero attached hydrogens (tertiary/aromatic N) is 3. The van der Waals surface area contributed by atoms with E-state index in [1.807, 2.05) is 18.2 Å². The van der Waals surface area contributed by atoms with Crippen molar-refractivity contribution in [3.8, 4) is 0 Å². The molecule has 0 amide bonds. The molecule has 1 aromatic heterocycles. The van der Waals surface area contributed by atoms with E-state index in [2.05, 4.69) is 31.2 Å². The average Bonchev–Trinajstić information content (AvgIpc) is 3.07. The van der Waals surface area contributed by atoms with Crippen LogP contribution in [-0.2, 0) is 16.6 Å². The molecule has 134 valence electrons. The SMILES string of the molecule is Cc1ccc(Cc2cccc([C@H]3CCCN3S(=O)(=O)N(C)C)n2)cc1. The number of hydrogen-bond acceptors (Lipinski definition) is 3. The molecule has 6 heteroatoms. The molecule has 3 rings (SSSR count). The summed E-state index contributed by atoms with van der Waals surface area (Å²) >= 11 is 0. The van der Waals surface area contributed by atoms with Crippen LogP contribution in [0.15, 0.2) is 42.5 Å². The Balaban J connectivity index is 1.84. The first-order valence-corrected chi connectivity index (χ1v) is 9.98. The molecule has 0 N–H and O–H groups in total. The van der Waals surface area contributed by atoms with Gasteiger partial charge < -0.3 is 0 Å². The fourth-order valence-electron chi connectivity index (χ4n) is 3.22. The van der Waals surface area contributed by atoms with Crippen LogP contribution < -0.4 is 0 Å². The molecule has 0 spiro atoms. The summed E-state index contributed by atoms with van der Waals surface area (Å²) in [6.07, 6.45) is 2.43. The van der Waals surface area contributed by atoms with E-state index in [-0.39, 0.29) is 6.04 Å². The van der Waals surface area contributed by atoms with E-state index in [4.69, 9.17) is 4.98 Å². The summed E-state index contributed by atoms with van der Waals surface area (Å²) < 4.78 is 28.0. The normalized spacial score (nSPS) is 18.8. The molecule has 25 heavy (non-hydrogen) atoms. The standard InChI is InChI=1S/C19H25N3O2S/c1-15-9-11-16(12-10-15)14-17-6-4-7-18(20-17)19-8-5-13-22(19)25(23,24)21(2)3/h4,6-7,9-12,19H,5,8,13-14H2,1-3H3/t19-/m1/s1. The summed E-state index contributed by atoms with van der Waals surface area (Å²) in [7, 11) is -0.273. The van der Waals surface area contributed by atoms with E-state index in [1.54, 1.807) is 18.4 Å². The number of benzene rings is 1. The van der Waals surface area contributed by atoms with Crippen LogP contribution >= 0.6 is 0 Å². The van der Waals surface area contributed by atoms with Crippen LogP contribution in [0.1, 0.15) is 41.4 Å². The zero-order chi connectivity index (χ0) is 18.0. The quantitative estimate of drug-likeness (QED) is 0.825. The number of rotatable bonds is 5. The van der Waals surface area contributed by atoms with E-state index in [0.29, 0.717) is 6.54 Å². The van der Waals surface area contributed by atoms with Crippen molar-refractivity contribution in [1.82, 2.24) is 13.6 Å². The Kier molecular flexibility index (Phi) is 5.22. The second-order valence-electron chi connectivity index (χ2n) is 6.78. The van der Waals surface area contributed by atoms with Crippen LogP contribution in [0.4, 0.5) is 0 Å². The van der Waals surface area contributed by atoms with Crippen LogP contribution in [0.5, 0.6) is 0 Å². The maximum atomic E-state index is 12.5. The van der Waals surface area contributed by atoms with Gasteiger partial charge in [0.15, 0.2) is 0 Å². The first-order valence-electron chi connectivity index (χ1n) is 8.58. The predicted octanol–water partition coefficient (Wildman–Crippen LogP) is 2.92. The number of hydrogen-bond donors (Lipinski definition) is 0. The molecular formula is C19H25N3O2S. The molecule has 1 atom stereocenters. The Morgan fingerprint density at radius 2 is 1.88 bits per heavy atom. The van der Waals surface area contributed by atoms with E-state index in [1.165, 1.54) is 15.4 Å². The fourth-order valence-corrected chi connectivity index (χ4v) is 4.53. The van der Waals surface area contributed by atoms with Gasteiger partial charge in [0.1, 0.15) is 0 Å². The minimum absolute atomic E-state index is 0.176. The predicted molar refractivity (Wildman–Crippen MR) is 99.5 cm³/mol. The highest BCUT2D eigenvalue weighted by Gasteiger charge is 2.37. The second-order valence-corrected chi connectivity index (χ2v) is 8.87. The highest BCUT2D eigenvalue weighted by Crippen LogP contribution is 2.34. The van der Waals surface area contributed by atoms with Gasteiger partial charge in [-0.1, -0.05) is 35.9 Å². The summed E-state index contributed by atoms with van der Waals surface area (Å²) in [5.74, 6) is 0. The first kappa shape index (κ1) is 18.0. The van der Waals surface area contributed by atoms with Crippen molar-refractivity contribution in [1.29, 1.82) is 0 Å². The van der Waals surface area contributed by atoms with Crippen molar-refractivity contribution < 1.29 is 8.42 Å². The Morgan fingerprint density at radius 3 is 2.56 bits per heavy atom. The highest BCUT2D eigenvalue weighted by atomic mass is 32.2. The number of aryl methyl sites for hydroxylation is 1. The first-order chi connectivity index (χ1) is 11.9. The van der Waals surface area contributed by atoms with E-state index >= 15 is 0 Å². The third kappa shape index (κ3) is 3.92. The van der Waals surface area contributed by atoms with Crippen LogP contribution in [0, 0.1) is 6.92 Å². The van der Waals surface area contributed by atoms with Crippen LogP contribution in [0.3, 0.4) is 0 Å². The molecule has 0 aliphatic carbocycles. The molecule has 1 aromatic carbocycles. The minimum atomic E-state index is -3.42.